The Bertz CT molecular complexity index is 934. The van der Waals surface area contributed by atoms with Crippen LogP contribution in [0.2, 0.25) is 0 Å². The van der Waals surface area contributed by atoms with Gasteiger partial charge in [-0.15, -0.1) is 0 Å². The summed E-state index contributed by atoms with van der Waals surface area (Å²) in [7, 11) is 0. The maximum Gasteiger partial charge on any atom is 0.197 e. The summed E-state index contributed by atoms with van der Waals surface area (Å²) in [6, 6.07) is 13.8. The van der Waals surface area contributed by atoms with Gasteiger partial charge in [0, 0.05) is 23.3 Å². The van der Waals surface area contributed by atoms with Gasteiger partial charge in [-0.1, -0.05) is 62.4 Å². The fraction of sp³-hybridized carbons (Fsp3) is 0.167. The van der Waals surface area contributed by atoms with Crippen LogP contribution < -0.4 is 0 Å². The van der Waals surface area contributed by atoms with Gasteiger partial charge in [0.1, 0.15) is 0 Å². The SMILES string of the molecule is CCc1ccc(C(=O)C2=CC(=O)C(C(=O)c3ccc(CC)cc3)=CC2=O)cc1. The van der Waals surface area contributed by atoms with Gasteiger partial charge in [0.2, 0.25) is 0 Å². The average Bonchev–Trinajstić information content (AvgIpc) is 2.74. The summed E-state index contributed by atoms with van der Waals surface area (Å²) >= 11 is 0. The highest BCUT2D eigenvalue weighted by Crippen LogP contribution is 2.20. The molecule has 0 radical (unpaired) electrons. The van der Waals surface area contributed by atoms with E-state index in [2.05, 4.69) is 0 Å². The maximum atomic E-state index is 12.6. The third kappa shape index (κ3) is 3.81. The lowest BCUT2D eigenvalue weighted by Crippen LogP contribution is -2.23. The lowest BCUT2D eigenvalue weighted by atomic mass is 9.88. The van der Waals surface area contributed by atoms with E-state index < -0.39 is 23.1 Å². The smallest absolute Gasteiger partial charge is 0.197 e. The molecule has 2 aromatic carbocycles. The van der Waals surface area contributed by atoms with Crippen LogP contribution in [0.1, 0.15) is 45.7 Å². The van der Waals surface area contributed by atoms with Gasteiger partial charge in [0.15, 0.2) is 23.1 Å². The van der Waals surface area contributed by atoms with E-state index in [1.807, 2.05) is 38.1 Å². The summed E-state index contributed by atoms with van der Waals surface area (Å²) in [6.45, 7) is 4.00. The van der Waals surface area contributed by atoms with E-state index in [1.54, 1.807) is 24.3 Å². The molecule has 140 valence electrons. The second-order valence-electron chi connectivity index (χ2n) is 6.60. The molecule has 4 nitrogen and oxygen atoms in total. The fourth-order valence-corrected chi connectivity index (χ4v) is 3.01. The Labute approximate surface area is 163 Å². The minimum Gasteiger partial charge on any atom is -0.289 e. The number of carbonyl (C=O) groups is 4. The van der Waals surface area contributed by atoms with E-state index in [-0.39, 0.29) is 11.1 Å². The fourth-order valence-electron chi connectivity index (χ4n) is 3.01. The molecule has 0 atom stereocenters. The van der Waals surface area contributed by atoms with Gasteiger partial charge in [0.05, 0.1) is 11.1 Å². The summed E-state index contributed by atoms with van der Waals surface area (Å²) in [4.78, 5) is 50.1. The van der Waals surface area contributed by atoms with Gasteiger partial charge in [-0.25, -0.2) is 0 Å². The molecular weight excluding hydrogens is 352 g/mol. The molecule has 0 saturated carbocycles. The van der Waals surface area contributed by atoms with Crippen molar-refractivity contribution >= 4 is 23.1 Å². The third-order valence-electron chi connectivity index (χ3n) is 4.82. The van der Waals surface area contributed by atoms with E-state index in [0.29, 0.717) is 11.1 Å². The molecule has 0 unspecified atom stereocenters. The van der Waals surface area contributed by atoms with Gasteiger partial charge >= 0.3 is 0 Å². The average molecular weight is 372 g/mol. The van der Waals surface area contributed by atoms with Gasteiger partial charge in [0.25, 0.3) is 0 Å². The molecule has 0 heterocycles. The monoisotopic (exact) mass is 372 g/mol. The van der Waals surface area contributed by atoms with E-state index >= 15 is 0 Å². The van der Waals surface area contributed by atoms with Crippen molar-refractivity contribution in [3.8, 4) is 0 Å². The maximum absolute atomic E-state index is 12.6. The van der Waals surface area contributed by atoms with Crippen molar-refractivity contribution in [1.29, 1.82) is 0 Å². The zero-order chi connectivity index (χ0) is 20.3. The van der Waals surface area contributed by atoms with Crippen LogP contribution in [0.5, 0.6) is 0 Å². The molecule has 0 bridgehead atoms. The Morgan fingerprint density at radius 1 is 0.607 bits per heavy atom. The summed E-state index contributed by atoms with van der Waals surface area (Å²) in [6.07, 6.45) is 3.63. The summed E-state index contributed by atoms with van der Waals surface area (Å²) in [5.41, 5.74) is 2.38. The molecule has 0 spiro atoms. The van der Waals surface area contributed by atoms with Gasteiger partial charge in [-0.3, -0.25) is 19.2 Å². The minimum atomic E-state index is -0.627. The molecule has 0 amide bonds. The van der Waals surface area contributed by atoms with Crippen molar-refractivity contribution in [2.45, 2.75) is 26.7 Å². The minimum absolute atomic E-state index is 0.216. The topological polar surface area (TPSA) is 68.3 Å². The highest BCUT2D eigenvalue weighted by Gasteiger charge is 2.29. The van der Waals surface area contributed by atoms with Gasteiger partial charge < -0.3 is 0 Å². The van der Waals surface area contributed by atoms with Crippen molar-refractivity contribution in [3.05, 3.63) is 94.1 Å². The van der Waals surface area contributed by atoms with E-state index in [9.17, 15) is 19.2 Å². The molecule has 28 heavy (non-hydrogen) atoms. The molecule has 0 saturated heterocycles. The first-order chi connectivity index (χ1) is 13.4. The molecule has 0 N–H and O–H groups in total. The standard InChI is InChI=1S/C24H20O4/c1-3-15-5-9-17(10-6-15)23(27)19-13-22(26)20(14-21(19)25)24(28)18-11-7-16(4-2)8-12-18/h5-14H,3-4H2,1-2H3. The Morgan fingerprint density at radius 3 is 1.21 bits per heavy atom. The predicted molar refractivity (Wildman–Crippen MR) is 106 cm³/mol. The molecule has 4 heteroatoms. The van der Waals surface area contributed by atoms with Crippen LogP contribution in [-0.2, 0) is 22.4 Å². The summed E-state index contributed by atoms with van der Waals surface area (Å²) in [5.74, 6) is -2.29. The van der Waals surface area contributed by atoms with Crippen LogP contribution in [0, 0.1) is 0 Å². The number of Topliss-reactive ketones (excluding diaryl/α,β-unsaturated/α-hetero) is 2. The molecule has 1 aliphatic carbocycles. The molecule has 0 aromatic heterocycles. The number of allylic oxidation sites excluding steroid dienone is 4. The predicted octanol–water partition coefficient (Wildman–Crippen LogP) is 3.88. The number of hydrogen-bond donors (Lipinski definition) is 0. The van der Waals surface area contributed by atoms with Crippen LogP contribution in [0.4, 0.5) is 0 Å². The lowest BCUT2D eigenvalue weighted by molar-refractivity contribution is -0.114. The highest BCUT2D eigenvalue weighted by molar-refractivity contribution is 6.41. The normalized spacial score (nSPS) is 13.8. The zero-order valence-corrected chi connectivity index (χ0v) is 15.8. The van der Waals surface area contributed by atoms with E-state index in [4.69, 9.17) is 0 Å². The van der Waals surface area contributed by atoms with Crippen molar-refractivity contribution in [2.75, 3.05) is 0 Å². The molecule has 2 aromatic rings. The van der Waals surface area contributed by atoms with Crippen LogP contribution >= 0.6 is 0 Å². The Hall–Kier alpha value is -3.40. The van der Waals surface area contributed by atoms with Gasteiger partial charge in [-0.2, -0.15) is 0 Å². The van der Waals surface area contributed by atoms with Crippen molar-refractivity contribution in [1.82, 2.24) is 0 Å². The number of hydrogen-bond acceptors (Lipinski definition) is 4. The van der Waals surface area contributed by atoms with Crippen molar-refractivity contribution < 1.29 is 19.2 Å². The largest absolute Gasteiger partial charge is 0.289 e. The number of aryl methyl sites for hydroxylation is 2. The van der Waals surface area contributed by atoms with E-state index in [0.717, 1.165) is 36.1 Å². The number of carbonyl (C=O) groups excluding carboxylic acids is 4. The van der Waals surface area contributed by atoms with Crippen molar-refractivity contribution in [3.63, 3.8) is 0 Å². The zero-order valence-electron chi connectivity index (χ0n) is 15.8. The van der Waals surface area contributed by atoms with Crippen molar-refractivity contribution in [2.24, 2.45) is 0 Å². The molecular formula is C24H20O4. The first-order valence-corrected chi connectivity index (χ1v) is 9.24. The van der Waals surface area contributed by atoms with Crippen LogP contribution in [0.3, 0.4) is 0 Å². The van der Waals surface area contributed by atoms with Crippen LogP contribution in [-0.4, -0.2) is 23.1 Å². The highest BCUT2D eigenvalue weighted by atomic mass is 16.2. The Morgan fingerprint density at radius 2 is 0.929 bits per heavy atom. The third-order valence-corrected chi connectivity index (χ3v) is 4.82. The second kappa shape index (κ2) is 8.09. The first kappa shape index (κ1) is 19.4. The van der Waals surface area contributed by atoms with E-state index in [1.165, 1.54) is 0 Å². The second-order valence-corrected chi connectivity index (χ2v) is 6.60. The Balaban J connectivity index is 1.84. The molecule has 0 aliphatic heterocycles. The van der Waals surface area contributed by atoms with Gasteiger partial charge in [-0.05, 0) is 24.0 Å². The van der Waals surface area contributed by atoms with Crippen LogP contribution in [0.15, 0.2) is 71.8 Å². The quantitative estimate of drug-likeness (QED) is 0.438. The number of benzene rings is 2. The molecule has 3 rings (SSSR count). The number of ketones is 4. The molecule has 0 fully saturated rings. The van der Waals surface area contributed by atoms with Crippen LogP contribution in [0.25, 0.3) is 0 Å². The first-order valence-electron chi connectivity index (χ1n) is 9.24. The Kier molecular flexibility index (Phi) is 5.59. The summed E-state index contributed by atoms with van der Waals surface area (Å²) in [5, 5.41) is 0. The molecule has 1 aliphatic rings. The summed E-state index contributed by atoms with van der Waals surface area (Å²) < 4.78 is 0. The lowest BCUT2D eigenvalue weighted by Gasteiger charge is -2.11. The number of rotatable bonds is 6.